The summed E-state index contributed by atoms with van der Waals surface area (Å²) in [5, 5.41) is 15.8. The molecule has 0 aliphatic heterocycles. The van der Waals surface area contributed by atoms with Gasteiger partial charge in [-0.1, -0.05) is 17.7 Å². The van der Waals surface area contributed by atoms with Crippen molar-refractivity contribution in [2.75, 3.05) is 4.72 Å². The van der Waals surface area contributed by atoms with E-state index in [1.807, 2.05) is 0 Å². The molecule has 1 atom stereocenters. The third-order valence-corrected chi connectivity index (χ3v) is 7.54. The van der Waals surface area contributed by atoms with E-state index in [1.54, 1.807) is 22.9 Å². The highest BCUT2D eigenvalue weighted by Gasteiger charge is 2.26. The fourth-order valence-electron chi connectivity index (χ4n) is 3.08. The van der Waals surface area contributed by atoms with Gasteiger partial charge >= 0.3 is 5.97 Å². The van der Waals surface area contributed by atoms with Crippen LogP contribution in [0.4, 0.5) is 5.69 Å². The molecule has 4 aromatic rings. The number of amides is 1. The second-order valence-corrected chi connectivity index (χ2v) is 10.3. The summed E-state index contributed by atoms with van der Waals surface area (Å²) in [6, 6.07) is 9.11. The number of aromatic nitrogens is 2. The van der Waals surface area contributed by atoms with E-state index >= 15 is 0 Å². The number of halogens is 1. The minimum Gasteiger partial charge on any atom is -0.480 e. The Kier molecular flexibility index (Phi) is 6.61. The maximum Gasteiger partial charge on any atom is 0.326 e. The van der Waals surface area contributed by atoms with Crippen LogP contribution in [-0.2, 0) is 21.2 Å². The fraction of sp³-hybridized carbons (Fsp3) is 0.100. The van der Waals surface area contributed by atoms with Crippen LogP contribution in [-0.4, -0.2) is 40.2 Å². The van der Waals surface area contributed by atoms with Crippen LogP contribution in [0.15, 0.2) is 58.1 Å². The molecule has 0 aliphatic carbocycles. The highest BCUT2D eigenvalue weighted by atomic mass is 35.5. The first-order chi connectivity index (χ1) is 15.7. The lowest BCUT2D eigenvalue weighted by Gasteiger charge is -2.17. The van der Waals surface area contributed by atoms with Crippen LogP contribution < -0.4 is 10.0 Å². The number of nitrogens with one attached hydrogen (secondary N) is 2. The number of aliphatic carboxylic acids is 1. The summed E-state index contributed by atoms with van der Waals surface area (Å²) in [5.74, 6) is -1.98. The number of fused-ring (bicyclic) bond motifs is 1. The van der Waals surface area contributed by atoms with Gasteiger partial charge < -0.3 is 10.4 Å². The smallest absolute Gasteiger partial charge is 0.326 e. The van der Waals surface area contributed by atoms with Crippen molar-refractivity contribution in [3.63, 3.8) is 0 Å². The fourth-order valence-corrected chi connectivity index (χ4v) is 5.77. The SMILES string of the molecule is O=C(N[C@@H](Cc1ccsc1)C(=O)O)c1ccc(Cl)cc1NS(=O)(=O)c1cccc2nsnc12. The van der Waals surface area contributed by atoms with Crippen LogP contribution in [0.2, 0.25) is 5.02 Å². The van der Waals surface area contributed by atoms with E-state index < -0.39 is 27.9 Å². The van der Waals surface area contributed by atoms with E-state index in [9.17, 15) is 23.1 Å². The van der Waals surface area contributed by atoms with Gasteiger partial charge in [-0.2, -0.15) is 20.1 Å². The van der Waals surface area contributed by atoms with Gasteiger partial charge in [-0.15, -0.1) is 0 Å². The number of benzene rings is 2. The highest BCUT2D eigenvalue weighted by molar-refractivity contribution is 7.93. The second kappa shape index (κ2) is 9.43. The molecule has 0 bridgehead atoms. The molecule has 0 fully saturated rings. The van der Waals surface area contributed by atoms with E-state index in [4.69, 9.17) is 11.6 Å². The first-order valence-electron chi connectivity index (χ1n) is 9.33. The molecular formula is C20H15ClN4O5S3. The molecule has 13 heteroatoms. The summed E-state index contributed by atoms with van der Waals surface area (Å²) in [7, 11) is -4.17. The number of carboxylic acid groups (broad SMARTS) is 1. The Morgan fingerprint density at radius 3 is 2.70 bits per heavy atom. The lowest BCUT2D eigenvalue weighted by molar-refractivity contribution is -0.139. The molecule has 33 heavy (non-hydrogen) atoms. The lowest BCUT2D eigenvalue weighted by Crippen LogP contribution is -2.42. The normalized spacial score (nSPS) is 12.4. The van der Waals surface area contributed by atoms with Gasteiger partial charge in [-0.3, -0.25) is 9.52 Å². The second-order valence-electron chi connectivity index (χ2n) is 6.88. The van der Waals surface area contributed by atoms with Crippen LogP contribution in [0.3, 0.4) is 0 Å². The first-order valence-corrected chi connectivity index (χ1v) is 12.9. The highest BCUT2D eigenvalue weighted by Crippen LogP contribution is 2.27. The van der Waals surface area contributed by atoms with Crippen LogP contribution >= 0.6 is 34.7 Å². The largest absolute Gasteiger partial charge is 0.480 e. The van der Waals surface area contributed by atoms with Crippen molar-refractivity contribution in [1.29, 1.82) is 0 Å². The van der Waals surface area contributed by atoms with Crippen LogP contribution in [0.1, 0.15) is 15.9 Å². The van der Waals surface area contributed by atoms with Crippen molar-refractivity contribution in [2.45, 2.75) is 17.4 Å². The Morgan fingerprint density at radius 1 is 1.15 bits per heavy atom. The minimum atomic E-state index is -4.17. The summed E-state index contributed by atoms with van der Waals surface area (Å²) in [4.78, 5) is 24.5. The van der Waals surface area contributed by atoms with Gasteiger partial charge in [0.25, 0.3) is 15.9 Å². The number of carbonyl (C=O) groups is 2. The van der Waals surface area contributed by atoms with Crippen molar-refractivity contribution in [3.05, 3.63) is 69.4 Å². The number of hydrogen-bond acceptors (Lipinski definition) is 8. The monoisotopic (exact) mass is 522 g/mol. The Bertz CT molecular complexity index is 1440. The number of sulfonamides is 1. The number of carboxylic acids is 1. The zero-order valence-electron chi connectivity index (χ0n) is 16.6. The van der Waals surface area contributed by atoms with Gasteiger partial charge in [-0.25, -0.2) is 13.2 Å². The molecule has 1 amide bonds. The molecular weight excluding hydrogens is 508 g/mol. The van der Waals surface area contributed by atoms with E-state index in [0.29, 0.717) is 5.52 Å². The quantitative estimate of drug-likeness (QED) is 0.321. The van der Waals surface area contributed by atoms with Crippen molar-refractivity contribution in [1.82, 2.24) is 14.1 Å². The average Bonchev–Trinajstić information content (AvgIpc) is 3.44. The van der Waals surface area contributed by atoms with E-state index in [0.717, 1.165) is 17.3 Å². The summed E-state index contributed by atoms with van der Waals surface area (Å²) >= 11 is 8.34. The number of hydrogen-bond donors (Lipinski definition) is 3. The van der Waals surface area contributed by atoms with Crippen molar-refractivity contribution in [2.24, 2.45) is 0 Å². The van der Waals surface area contributed by atoms with E-state index in [1.165, 1.54) is 41.7 Å². The van der Waals surface area contributed by atoms with Gasteiger partial charge in [0.15, 0.2) is 0 Å². The third kappa shape index (κ3) is 5.14. The topological polar surface area (TPSA) is 138 Å². The molecule has 0 saturated carbocycles. The lowest BCUT2D eigenvalue weighted by atomic mass is 10.1. The predicted molar refractivity (Wildman–Crippen MR) is 127 cm³/mol. The van der Waals surface area contributed by atoms with Gasteiger partial charge in [0, 0.05) is 11.4 Å². The van der Waals surface area contributed by atoms with Crippen LogP contribution in [0, 0.1) is 0 Å². The van der Waals surface area contributed by atoms with Crippen LogP contribution in [0.25, 0.3) is 11.0 Å². The molecule has 2 aromatic heterocycles. The molecule has 2 heterocycles. The Morgan fingerprint density at radius 2 is 1.97 bits per heavy atom. The van der Waals surface area contributed by atoms with Gasteiger partial charge in [0.1, 0.15) is 22.0 Å². The molecule has 3 N–H and O–H groups in total. The van der Waals surface area contributed by atoms with E-state index in [2.05, 4.69) is 18.8 Å². The molecule has 0 radical (unpaired) electrons. The number of nitrogens with zero attached hydrogens (tertiary/aromatic N) is 2. The van der Waals surface area contributed by atoms with Gasteiger partial charge in [0.2, 0.25) is 0 Å². The minimum absolute atomic E-state index is 0.0804. The maximum atomic E-state index is 13.1. The molecule has 0 aliphatic rings. The summed E-state index contributed by atoms with van der Waals surface area (Å²) in [6.45, 7) is 0. The Labute approximate surface area is 201 Å². The van der Waals surface area contributed by atoms with Gasteiger partial charge in [-0.05, 0) is 52.7 Å². The van der Waals surface area contributed by atoms with Crippen molar-refractivity contribution in [3.8, 4) is 0 Å². The number of carbonyl (C=O) groups excluding carboxylic acids is 1. The molecule has 0 spiro atoms. The Balaban J connectivity index is 1.64. The number of thiophene rings is 1. The van der Waals surface area contributed by atoms with Gasteiger partial charge in [0.05, 0.1) is 23.0 Å². The first kappa shape index (κ1) is 23.1. The molecule has 0 unspecified atom stereocenters. The molecule has 0 saturated heterocycles. The van der Waals surface area contributed by atoms with Crippen LogP contribution in [0.5, 0.6) is 0 Å². The zero-order valence-corrected chi connectivity index (χ0v) is 19.8. The maximum absolute atomic E-state index is 13.1. The molecule has 4 rings (SSSR count). The molecule has 170 valence electrons. The molecule has 2 aromatic carbocycles. The summed E-state index contributed by atoms with van der Waals surface area (Å²) < 4.78 is 36.6. The number of anilines is 1. The average molecular weight is 523 g/mol. The Hall–Kier alpha value is -3.06. The van der Waals surface area contributed by atoms with Crippen molar-refractivity contribution < 1.29 is 23.1 Å². The standard InChI is InChI=1S/C20H15ClN4O5S3/c21-12-4-5-13(19(26)22-16(20(27)28)8-11-6-7-31-10-11)15(9-12)25-33(29,30)17-3-1-2-14-18(17)24-32-23-14/h1-7,9-10,16,25H,8H2,(H,22,26)(H,27,28)/t16-/m0/s1. The zero-order chi connectivity index (χ0) is 23.6. The third-order valence-electron chi connectivity index (χ3n) is 4.63. The van der Waals surface area contributed by atoms with Crippen molar-refractivity contribution >= 4 is 73.3 Å². The number of rotatable bonds is 8. The molecule has 9 nitrogen and oxygen atoms in total. The summed E-state index contributed by atoms with van der Waals surface area (Å²) in [5.41, 5.74) is 1.20. The van der Waals surface area contributed by atoms with E-state index in [-0.39, 0.29) is 33.1 Å². The summed E-state index contributed by atoms with van der Waals surface area (Å²) in [6.07, 6.45) is 0.0814. The predicted octanol–water partition coefficient (Wildman–Crippen LogP) is 3.63.